The summed E-state index contributed by atoms with van der Waals surface area (Å²) in [6.07, 6.45) is 1.66. The van der Waals surface area contributed by atoms with Gasteiger partial charge in [-0.3, -0.25) is 13.9 Å². The summed E-state index contributed by atoms with van der Waals surface area (Å²) in [6.45, 7) is 4.61. The van der Waals surface area contributed by atoms with Gasteiger partial charge < -0.3 is 10.2 Å². The van der Waals surface area contributed by atoms with Crippen LogP contribution in [0.15, 0.2) is 36.4 Å². The summed E-state index contributed by atoms with van der Waals surface area (Å²) < 4.78 is 26.1. The van der Waals surface area contributed by atoms with Gasteiger partial charge in [-0.25, -0.2) is 8.42 Å². The lowest BCUT2D eigenvalue weighted by molar-refractivity contribution is -0.139. The molecule has 35 heavy (non-hydrogen) atoms. The maximum Gasteiger partial charge on any atom is 0.244 e. The summed E-state index contributed by atoms with van der Waals surface area (Å²) in [6, 6.07) is 8.04. The van der Waals surface area contributed by atoms with Crippen LogP contribution in [0, 0.1) is 0 Å². The van der Waals surface area contributed by atoms with E-state index in [-0.39, 0.29) is 28.3 Å². The minimum absolute atomic E-state index is 0.111. The van der Waals surface area contributed by atoms with Gasteiger partial charge in [0.2, 0.25) is 21.8 Å². The van der Waals surface area contributed by atoms with Crippen LogP contribution in [0.25, 0.3) is 0 Å². The van der Waals surface area contributed by atoms with E-state index >= 15 is 0 Å². The van der Waals surface area contributed by atoms with Crippen LogP contribution < -0.4 is 9.62 Å². The number of halogens is 4. The van der Waals surface area contributed by atoms with Crippen LogP contribution in [0.5, 0.6) is 0 Å². The average molecular weight is 583 g/mol. The number of rotatable bonds is 10. The quantitative estimate of drug-likeness (QED) is 0.406. The smallest absolute Gasteiger partial charge is 0.244 e. The number of anilines is 1. The van der Waals surface area contributed by atoms with E-state index in [4.69, 9.17) is 46.4 Å². The van der Waals surface area contributed by atoms with Crippen molar-refractivity contribution in [3.63, 3.8) is 0 Å². The number of hydrogen-bond donors (Lipinski definition) is 1. The molecule has 7 nitrogen and oxygen atoms in total. The van der Waals surface area contributed by atoms with Gasteiger partial charge >= 0.3 is 0 Å². The molecule has 0 aliphatic heterocycles. The van der Waals surface area contributed by atoms with Crippen LogP contribution in [0.2, 0.25) is 20.1 Å². The van der Waals surface area contributed by atoms with E-state index in [9.17, 15) is 18.0 Å². The van der Waals surface area contributed by atoms with E-state index < -0.39 is 34.4 Å². The molecule has 2 amide bonds. The number of nitrogens with zero attached hydrogens (tertiary/aromatic N) is 2. The molecule has 12 heteroatoms. The highest BCUT2D eigenvalue weighted by molar-refractivity contribution is 7.92. The molecule has 2 atom stereocenters. The number of nitrogens with one attached hydrogen (secondary N) is 1. The second-order valence-electron chi connectivity index (χ2n) is 8.11. The van der Waals surface area contributed by atoms with Crippen molar-refractivity contribution >= 4 is 73.9 Å². The van der Waals surface area contributed by atoms with E-state index in [1.54, 1.807) is 25.1 Å². The topological polar surface area (TPSA) is 86.8 Å². The fourth-order valence-corrected chi connectivity index (χ4v) is 5.06. The Morgan fingerprint density at radius 1 is 1.00 bits per heavy atom. The Morgan fingerprint density at radius 3 is 2.03 bits per heavy atom. The van der Waals surface area contributed by atoms with E-state index in [2.05, 4.69) is 5.32 Å². The normalized spacial score (nSPS) is 13.1. The SMILES string of the molecule is CC[C@@H](C)NC(=O)[C@@H](C)N(Cc1c(Cl)cccc1Cl)C(=O)CN(c1cc(Cl)cc(Cl)c1)S(C)(=O)=O. The molecular weight excluding hydrogens is 556 g/mol. The van der Waals surface area contributed by atoms with Crippen LogP contribution >= 0.6 is 46.4 Å². The Hall–Kier alpha value is -1.71. The molecule has 2 rings (SSSR count). The molecule has 0 aliphatic carbocycles. The third-order valence-corrected chi connectivity index (χ3v) is 7.66. The molecule has 2 aromatic rings. The summed E-state index contributed by atoms with van der Waals surface area (Å²) >= 11 is 24.8. The first-order valence-corrected chi connectivity index (χ1v) is 14.1. The lowest BCUT2D eigenvalue weighted by Gasteiger charge is -2.32. The van der Waals surface area contributed by atoms with Gasteiger partial charge in [0.25, 0.3) is 0 Å². The van der Waals surface area contributed by atoms with E-state index in [1.807, 2.05) is 13.8 Å². The van der Waals surface area contributed by atoms with Crippen molar-refractivity contribution in [2.45, 2.75) is 45.8 Å². The van der Waals surface area contributed by atoms with Crippen LogP contribution in [0.4, 0.5) is 5.69 Å². The third-order valence-electron chi connectivity index (χ3n) is 5.37. The van der Waals surface area contributed by atoms with Crippen LogP contribution in [-0.4, -0.2) is 50.0 Å². The predicted molar refractivity (Wildman–Crippen MR) is 143 cm³/mol. The standard InChI is InChI=1S/C23H27Cl4N3O4S/c1-5-14(2)28-23(32)15(3)29(12-19-20(26)7-6-8-21(19)27)22(31)13-30(35(4,33)34)18-10-16(24)9-17(25)11-18/h6-11,14-15H,5,12-13H2,1-4H3,(H,28,32)/t14-,15-/m1/s1. The molecular formula is C23H27Cl4N3O4S. The number of carbonyl (C=O) groups excluding carboxylic acids is 2. The molecule has 0 unspecified atom stereocenters. The molecule has 0 saturated heterocycles. The van der Waals surface area contributed by atoms with Gasteiger partial charge in [-0.05, 0) is 50.6 Å². The monoisotopic (exact) mass is 581 g/mol. The summed E-state index contributed by atoms with van der Waals surface area (Å²) in [7, 11) is -3.92. The average Bonchev–Trinajstić information content (AvgIpc) is 2.75. The summed E-state index contributed by atoms with van der Waals surface area (Å²) in [4.78, 5) is 27.7. The van der Waals surface area contributed by atoms with Gasteiger partial charge in [0.1, 0.15) is 12.6 Å². The second kappa shape index (κ2) is 12.5. The van der Waals surface area contributed by atoms with Crippen LogP contribution in [0.3, 0.4) is 0 Å². The van der Waals surface area contributed by atoms with Gasteiger partial charge in [-0.2, -0.15) is 0 Å². The first kappa shape index (κ1) is 29.5. The van der Waals surface area contributed by atoms with Crippen molar-refractivity contribution in [3.8, 4) is 0 Å². The number of benzene rings is 2. The molecule has 0 aliphatic rings. The van der Waals surface area contributed by atoms with Gasteiger partial charge in [0, 0.05) is 38.2 Å². The second-order valence-corrected chi connectivity index (χ2v) is 11.7. The van der Waals surface area contributed by atoms with Gasteiger partial charge in [0.05, 0.1) is 11.9 Å². The molecule has 1 N–H and O–H groups in total. The van der Waals surface area contributed by atoms with E-state index in [0.29, 0.717) is 22.0 Å². The Morgan fingerprint density at radius 2 is 1.54 bits per heavy atom. The molecule has 2 aromatic carbocycles. The largest absolute Gasteiger partial charge is 0.352 e. The predicted octanol–water partition coefficient (Wildman–Crippen LogP) is 5.40. The Bertz CT molecular complexity index is 1150. The van der Waals surface area contributed by atoms with Crippen molar-refractivity contribution in [2.24, 2.45) is 0 Å². The first-order chi connectivity index (χ1) is 16.2. The molecule has 0 radical (unpaired) electrons. The number of hydrogen-bond acceptors (Lipinski definition) is 4. The fraction of sp³-hybridized carbons (Fsp3) is 0.391. The van der Waals surface area contributed by atoms with E-state index in [1.165, 1.54) is 23.1 Å². The summed E-state index contributed by atoms with van der Waals surface area (Å²) in [5.41, 5.74) is 0.551. The molecule has 0 fully saturated rings. The molecule has 0 aromatic heterocycles. The van der Waals surface area contributed by atoms with Crippen molar-refractivity contribution < 1.29 is 18.0 Å². The molecule has 0 bridgehead atoms. The zero-order chi connectivity index (χ0) is 26.5. The number of carbonyl (C=O) groups is 2. The maximum absolute atomic E-state index is 13.6. The van der Waals surface area contributed by atoms with Gasteiger partial charge in [-0.1, -0.05) is 59.4 Å². The van der Waals surface area contributed by atoms with Crippen LogP contribution in [-0.2, 0) is 26.2 Å². The summed E-state index contributed by atoms with van der Waals surface area (Å²) in [5, 5.41) is 3.87. The van der Waals surface area contributed by atoms with Gasteiger partial charge in [0.15, 0.2) is 0 Å². The highest BCUT2D eigenvalue weighted by atomic mass is 35.5. The molecule has 0 spiro atoms. The van der Waals surface area contributed by atoms with Crippen molar-refractivity contribution in [3.05, 3.63) is 62.1 Å². The maximum atomic E-state index is 13.6. The molecule has 192 valence electrons. The lowest BCUT2D eigenvalue weighted by atomic mass is 10.1. The first-order valence-electron chi connectivity index (χ1n) is 10.7. The Labute approximate surface area is 226 Å². The fourth-order valence-electron chi connectivity index (χ4n) is 3.20. The molecule has 0 saturated carbocycles. The van der Waals surface area contributed by atoms with Crippen LogP contribution in [0.1, 0.15) is 32.8 Å². The van der Waals surface area contributed by atoms with Crippen molar-refractivity contribution in [2.75, 3.05) is 17.1 Å². The minimum Gasteiger partial charge on any atom is -0.352 e. The van der Waals surface area contributed by atoms with Crippen molar-refractivity contribution in [1.82, 2.24) is 10.2 Å². The zero-order valence-electron chi connectivity index (χ0n) is 19.7. The summed E-state index contributed by atoms with van der Waals surface area (Å²) in [5.74, 6) is -1.04. The van der Waals surface area contributed by atoms with Gasteiger partial charge in [-0.15, -0.1) is 0 Å². The molecule has 0 heterocycles. The third kappa shape index (κ3) is 8.15. The number of amides is 2. The highest BCUT2D eigenvalue weighted by Crippen LogP contribution is 2.29. The van der Waals surface area contributed by atoms with E-state index in [0.717, 1.165) is 10.6 Å². The Kier molecular flexibility index (Phi) is 10.5. The highest BCUT2D eigenvalue weighted by Gasteiger charge is 2.31. The zero-order valence-corrected chi connectivity index (χ0v) is 23.5. The van der Waals surface area contributed by atoms with Crippen molar-refractivity contribution in [1.29, 1.82) is 0 Å². The number of sulfonamides is 1. The lowest BCUT2D eigenvalue weighted by Crippen LogP contribution is -2.52. The Balaban J connectivity index is 2.48. The minimum atomic E-state index is -3.92.